The van der Waals surface area contributed by atoms with E-state index in [1.165, 1.54) is 0 Å². The van der Waals surface area contributed by atoms with Gasteiger partial charge in [0, 0.05) is 11.1 Å². The first-order valence-electron chi connectivity index (χ1n) is 3.45. The first-order valence-corrected chi connectivity index (χ1v) is 3.45. The Bertz CT molecular complexity index is 440. The number of aromatic nitrogens is 3. The third-order valence-corrected chi connectivity index (χ3v) is 1.77. The zero-order valence-electron chi connectivity index (χ0n) is 6.38. The van der Waals surface area contributed by atoms with Gasteiger partial charge in [0.05, 0.1) is 0 Å². The molecule has 0 atom stereocenters. The molecule has 0 radical (unpaired) electrons. The number of aromatic carboxylic acids is 1. The van der Waals surface area contributed by atoms with Crippen molar-refractivity contribution in [3.05, 3.63) is 17.5 Å². The van der Waals surface area contributed by atoms with E-state index >= 15 is 0 Å². The van der Waals surface area contributed by atoms with Crippen molar-refractivity contribution in [2.24, 2.45) is 0 Å². The molecule has 3 N–H and O–H groups in total. The summed E-state index contributed by atoms with van der Waals surface area (Å²) in [5, 5.41) is 16.1. The normalized spacial score (nSPS) is 10.8. The summed E-state index contributed by atoms with van der Waals surface area (Å²) in [6.45, 7) is 1.84. The molecule has 2 rings (SSSR count). The van der Waals surface area contributed by atoms with Gasteiger partial charge in [0.15, 0.2) is 5.65 Å². The molecule has 0 bridgehead atoms. The summed E-state index contributed by atoms with van der Waals surface area (Å²) in [4.78, 5) is 13.2. The molecule has 0 aliphatic rings. The molecule has 0 aliphatic carbocycles. The Labute approximate surface area is 67.4 Å². The SMILES string of the molecule is Cc1[nH]nc2[nH]c(C(=O)O)cc12. The minimum absolute atomic E-state index is 0.171. The second-order valence-corrected chi connectivity index (χ2v) is 2.60. The molecule has 0 amide bonds. The monoisotopic (exact) mass is 165 g/mol. The molecule has 2 aromatic rings. The fourth-order valence-electron chi connectivity index (χ4n) is 1.13. The molecule has 0 saturated heterocycles. The quantitative estimate of drug-likeness (QED) is 0.587. The fourth-order valence-corrected chi connectivity index (χ4v) is 1.13. The van der Waals surface area contributed by atoms with Gasteiger partial charge in [-0.2, -0.15) is 5.10 Å². The van der Waals surface area contributed by atoms with Crippen LogP contribution in [0.4, 0.5) is 0 Å². The number of carboxylic acid groups (broad SMARTS) is 1. The number of carbonyl (C=O) groups is 1. The molecule has 0 spiro atoms. The molecule has 5 nitrogen and oxygen atoms in total. The highest BCUT2D eigenvalue weighted by molar-refractivity contribution is 5.93. The maximum Gasteiger partial charge on any atom is 0.352 e. The minimum atomic E-state index is -0.965. The molecule has 62 valence electrons. The van der Waals surface area contributed by atoms with Crippen LogP contribution >= 0.6 is 0 Å². The van der Waals surface area contributed by atoms with Gasteiger partial charge < -0.3 is 10.1 Å². The number of H-pyrrole nitrogens is 2. The van der Waals surface area contributed by atoms with Crippen LogP contribution in [0.5, 0.6) is 0 Å². The van der Waals surface area contributed by atoms with Gasteiger partial charge in [0.25, 0.3) is 0 Å². The topological polar surface area (TPSA) is 81.8 Å². The Morgan fingerprint density at radius 3 is 3.00 bits per heavy atom. The van der Waals surface area contributed by atoms with Crippen LogP contribution in [-0.4, -0.2) is 26.3 Å². The van der Waals surface area contributed by atoms with Crippen LogP contribution in [0.25, 0.3) is 11.0 Å². The summed E-state index contributed by atoms with van der Waals surface area (Å²) in [6, 6.07) is 1.57. The summed E-state index contributed by atoms with van der Waals surface area (Å²) in [5.41, 5.74) is 1.63. The van der Waals surface area contributed by atoms with Crippen molar-refractivity contribution in [2.45, 2.75) is 6.92 Å². The predicted octanol–water partition coefficient (Wildman–Crippen LogP) is 0.898. The molecule has 5 heteroatoms. The number of carboxylic acids is 1. The molecule has 2 aromatic heterocycles. The van der Waals surface area contributed by atoms with Gasteiger partial charge in [-0.1, -0.05) is 0 Å². The van der Waals surface area contributed by atoms with Crippen LogP contribution in [0.1, 0.15) is 16.2 Å². The number of rotatable bonds is 1. The zero-order chi connectivity index (χ0) is 8.72. The number of aromatic amines is 2. The Morgan fingerprint density at radius 2 is 2.42 bits per heavy atom. The van der Waals surface area contributed by atoms with Gasteiger partial charge in [-0.3, -0.25) is 5.10 Å². The van der Waals surface area contributed by atoms with E-state index in [0.717, 1.165) is 11.1 Å². The Balaban J connectivity index is 2.70. The van der Waals surface area contributed by atoms with Gasteiger partial charge in [0.2, 0.25) is 0 Å². The van der Waals surface area contributed by atoms with Crippen molar-refractivity contribution in [1.29, 1.82) is 0 Å². The molecule has 0 fully saturated rings. The number of fused-ring (bicyclic) bond motifs is 1. The Morgan fingerprint density at radius 1 is 1.67 bits per heavy atom. The third kappa shape index (κ3) is 0.795. The lowest BCUT2D eigenvalue weighted by Crippen LogP contribution is -1.95. The fraction of sp³-hybridized carbons (Fsp3) is 0.143. The van der Waals surface area contributed by atoms with Crippen molar-refractivity contribution in [3.8, 4) is 0 Å². The Kier molecular flexibility index (Phi) is 1.21. The molecule has 2 heterocycles. The van der Waals surface area contributed by atoms with Crippen molar-refractivity contribution < 1.29 is 9.90 Å². The molecule has 0 saturated carbocycles. The van der Waals surface area contributed by atoms with E-state index in [1.54, 1.807) is 6.07 Å². The first-order chi connectivity index (χ1) is 5.68. The van der Waals surface area contributed by atoms with Gasteiger partial charge in [-0.15, -0.1) is 0 Å². The number of nitrogens with zero attached hydrogens (tertiary/aromatic N) is 1. The van der Waals surface area contributed by atoms with Gasteiger partial charge in [0.1, 0.15) is 5.69 Å². The number of hydrogen-bond acceptors (Lipinski definition) is 2. The molecule has 12 heavy (non-hydrogen) atoms. The lowest BCUT2D eigenvalue weighted by Gasteiger charge is -1.83. The maximum absolute atomic E-state index is 10.5. The highest BCUT2D eigenvalue weighted by Crippen LogP contribution is 2.15. The van der Waals surface area contributed by atoms with Crippen LogP contribution in [0.15, 0.2) is 6.07 Å². The second-order valence-electron chi connectivity index (χ2n) is 2.60. The summed E-state index contributed by atoms with van der Waals surface area (Å²) < 4.78 is 0. The molecular formula is C7H7N3O2. The van der Waals surface area contributed by atoms with E-state index < -0.39 is 5.97 Å². The zero-order valence-corrected chi connectivity index (χ0v) is 6.38. The minimum Gasteiger partial charge on any atom is -0.477 e. The predicted molar refractivity (Wildman–Crippen MR) is 42.1 cm³/mol. The first kappa shape index (κ1) is 6.90. The number of hydrogen-bond donors (Lipinski definition) is 3. The van der Waals surface area contributed by atoms with Crippen LogP contribution in [-0.2, 0) is 0 Å². The van der Waals surface area contributed by atoms with Crippen LogP contribution in [0, 0.1) is 6.92 Å². The number of nitrogens with one attached hydrogen (secondary N) is 2. The van der Waals surface area contributed by atoms with Crippen molar-refractivity contribution >= 4 is 17.0 Å². The standard InChI is InChI=1S/C7H7N3O2/c1-3-4-2-5(7(11)12)8-6(4)10-9-3/h2H,1H3,(H,11,12)(H2,8,9,10). The summed E-state index contributed by atoms with van der Waals surface area (Å²) in [7, 11) is 0. The van der Waals surface area contributed by atoms with E-state index in [2.05, 4.69) is 15.2 Å². The average molecular weight is 165 g/mol. The smallest absolute Gasteiger partial charge is 0.352 e. The summed E-state index contributed by atoms with van der Waals surface area (Å²) in [6.07, 6.45) is 0. The van der Waals surface area contributed by atoms with E-state index in [-0.39, 0.29) is 5.69 Å². The van der Waals surface area contributed by atoms with Crippen molar-refractivity contribution in [1.82, 2.24) is 15.2 Å². The van der Waals surface area contributed by atoms with Crippen LogP contribution < -0.4 is 0 Å². The lowest BCUT2D eigenvalue weighted by atomic mass is 10.3. The van der Waals surface area contributed by atoms with E-state index in [4.69, 9.17) is 5.11 Å². The molecule has 0 aliphatic heterocycles. The van der Waals surface area contributed by atoms with E-state index in [9.17, 15) is 4.79 Å². The molecular weight excluding hydrogens is 158 g/mol. The van der Waals surface area contributed by atoms with Crippen molar-refractivity contribution in [2.75, 3.05) is 0 Å². The number of aryl methyl sites for hydroxylation is 1. The largest absolute Gasteiger partial charge is 0.477 e. The Hall–Kier alpha value is -1.78. The van der Waals surface area contributed by atoms with E-state index in [0.29, 0.717) is 5.65 Å². The summed E-state index contributed by atoms with van der Waals surface area (Å²) in [5.74, 6) is -0.965. The van der Waals surface area contributed by atoms with Crippen molar-refractivity contribution in [3.63, 3.8) is 0 Å². The average Bonchev–Trinajstić information content (AvgIpc) is 2.53. The van der Waals surface area contributed by atoms with Gasteiger partial charge in [-0.05, 0) is 13.0 Å². The lowest BCUT2D eigenvalue weighted by molar-refractivity contribution is 0.0691. The maximum atomic E-state index is 10.5. The van der Waals surface area contributed by atoms with Crippen LogP contribution in [0.3, 0.4) is 0 Å². The van der Waals surface area contributed by atoms with Gasteiger partial charge >= 0.3 is 5.97 Å². The van der Waals surface area contributed by atoms with Crippen LogP contribution in [0.2, 0.25) is 0 Å². The summed E-state index contributed by atoms with van der Waals surface area (Å²) >= 11 is 0. The highest BCUT2D eigenvalue weighted by atomic mass is 16.4. The second kappa shape index (κ2) is 2.10. The van der Waals surface area contributed by atoms with Gasteiger partial charge in [-0.25, -0.2) is 4.79 Å². The molecule has 0 aromatic carbocycles. The van der Waals surface area contributed by atoms with E-state index in [1.807, 2.05) is 6.92 Å². The highest BCUT2D eigenvalue weighted by Gasteiger charge is 2.10. The third-order valence-electron chi connectivity index (χ3n) is 1.77. The molecule has 0 unspecified atom stereocenters.